The molecule has 3 aromatic rings. The summed E-state index contributed by atoms with van der Waals surface area (Å²) in [6, 6.07) is 17.6. The third kappa shape index (κ3) is 3.83. The van der Waals surface area contributed by atoms with Crippen LogP contribution in [0.3, 0.4) is 0 Å². The van der Waals surface area contributed by atoms with Crippen LogP contribution < -0.4 is 10.4 Å². The normalized spacial score (nSPS) is 10.3. The molecule has 2 aromatic carbocycles. The third-order valence-corrected chi connectivity index (χ3v) is 3.90. The summed E-state index contributed by atoms with van der Waals surface area (Å²) >= 11 is 0. The van der Waals surface area contributed by atoms with E-state index in [9.17, 15) is 4.79 Å². The number of anilines is 1. The van der Waals surface area contributed by atoms with Gasteiger partial charge in [-0.2, -0.15) is 0 Å². The number of benzene rings is 2. The third-order valence-electron chi connectivity index (χ3n) is 3.90. The van der Waals surface area contributed by atoms with Crippen molar-refractivity contribution >= 4 is 11.6 Å². The van der Waals surface area contributed by atoms with Crippen molar-refractivity contribution in [2.45, 2.75) is 13.8 Å². The zero-order valence-electron chi connectivity index (χ0n) is 14.3. The van der Waals surface area contributed by atoms with E-state index in [0.29, 0.717) is 17.9 Å². The Hall–Kier alpha value is -3.21. The number of hydrogen-bond acceptors (Lipinski definition) is 4. The minimum absolute atomic E-state index is 0.232. The molecular weight excluding hydrogens is 312 g/mol. The molecule has 0 aliphatic heterocycles. The van der Waals surface area contributed by atoms with Crippen LogP contribution in [0.1, 0.15) is 22.8 Å². The van der Waals surface area contributed by atoms with Gasteiger partial charge in [0.2, 0.25) is 0 Å². The molecule has 3 rings (SSSR count). The van der Waals surface area contributed by atoms with Crippen LogP contribution in [0.25, 0.3) is 11.4 Å². The lowest BCUT2D eigenvalue weighted by atomic mass is 10.2. The van der Waals surface area contributed by atoms with Gasteiger partial charge in [0.25, 0.3) is 5.91 Å². The largest absolute Gasteiger partial charge is 0.285 e. The monoisotopic (exact) mass is 332 g/mol. The van der Waals surface area contributed by atoms with Gasteiger partial charge in [-0.25, -0.2) is 9.97 Å². The van der Waals surface area contributed by atoms with E-state index in [2.05, 4.69) is 15.4 Å². The Bertz CT molecular complexity index is 847. The second-order valence-corrected chi connectivity index (χ2v) is 5.63. The summed E-state index contributed by atoms with van der Waals surface area (Å²) in [6.45, 7) is 4.66. The van der Waals surface area contributed by atoms with Crippen molar-refractivity contribution in [3.63, 3.8) is 0 Å². The number of nitrogens with one attached hydrogen (secondary N) is 1. The van der Waals surface area contributed by atoms with E-state index in [-0.39, 0.29) is 5.91 Å². The molecule has 1 amide bonds. The van der Waals surface area contributed by atoms with Crippen molar-refractivity contribution in [2.75, 3.05) is 11.6 Å². The van der Waals surface area contributed by atoms with Gasteiger partial charge in [0.15, 0.2) is 5.82 Å². The molecule has 5 nitrogen and oxygen atoms in total. The van der Waals surface area contributed by atoms with E-state index in [1.54, 1.807) is 12.4 Å². The number of aromatic nitrogens is 2. The number of hydrazine groups is 1. The van der Waals surface area contributed by atoms with E-state index >= 15 is 0 Å². The van der Waals surface area contributed by atoms with Gasteiger partial charge < -0.3 is 0 Å². The molecule has 0 unspecified atom stereocenters. The maximum atomic E-state index is 12.5. The quantitative estimate of drug-likeness (QED) is 0.725. The number of para-hydroxylation sites is 1. The predicted octanol–water partition coefficient (Wildman–Crippen LogP) is 3.62. The smallest absolute Gasteiger partial charge is 0.272 e. The predicted molar refractivity (Wildman–Crippen MR) is 99.1 cm³/mol. The van der Waals surface area contributed by atoms with Crippen molar-refractivity contribution in [2.24, 2.45) is 0 Å². The number of rotatable bonds is 5. The first kappa shape index (κ1) is 16.6. The maximum absolute atomic E-state index is 12.5. The first-order chi connectivity index (χ1) is 12.2. The molecule has 0 bridgehead atoms. The second-order valence-electron chi connectivity index (χ2n) is 5.63. The lowest BCUT2D eigenvalue weighted by Crippen LogP contribution is -2.42. The van der Waals surface area contributed by atoms with E-state index < -0.39 is 0 Å². The Balaban J connectivity index is 1.75. The highest BCUT2D eigenvalue weighted by Gasteiger charge is 2.13. The minimum Gasteiger partial charge on any atom is -0.285 e. The molecule has 0 fully saturated rings. The van der Waals surface area contributed by atoms with Crippen molar-refractivity contribution in [1.82, 2.24) is 15.4 Å². The molecule has 0 aliphatic rings. The summed E-state index contributed by atoms with van der Waals surface area (Å²) in [7, 11) is 0. The van der Waals surface area contributed by atoms with Gasteiger partial charge in [-0.3, -0.25) is 15.2 Å². The molecule has 0 saturated carbocycles. The van der Waals surface area contributed by atoms with Crippen LogP contribution in [0.5, 0.6) is 0 Å². The van der Waals surface area contributed by atoms with Gasteiger partial charge in [0.1, 0.15) is 0 Å². The zero-order valence-corrected chi connectivity index (χ0v) is 14.3. The number of aryl methyl sites for hydroxylation is 1. The van der Waals surface area contributed by atoms with Crippen LogP contribution in [0.15, 0.2) is 67.0 Å². The number of hydrogen-bond donors (Lipinski definition) is 1. The van der Waals surface area contributed by atoms with Gasteiger partial charge in [0.05, 0.1) is 11.3 Å². The van der Waals surface area contributed by atoms with Crippen molar-refractivity contribution in [1.29, 1.82) is 0 Å². The summed E-state index contributed by atoms with van der Waals surface area (Å²) in [5.41, 5.74) is 6.33. The minimum atomic E-state index is -0.232. The van der Waals surface area contributed by atoms with E-state index in [4.69, 9.17) is 0 Å². The van der Waals surface area contributed by atoms with Crippen molar-refractivity contribution in [3.05, 3.63) is 78.1 Å². The van der Waals surface area contributed by atoms with Gasteiger partial charge in [-0.05, 0) is 25.5 Å². The fourth-order valence-electron chi connectivity index (χ4n) is 2.54. The summed E-state index contributed by atoms with van der Waals surface area (Å²) in [5, 5.41) is 1.82. The molecule has 126 valence electrons. The fourth-order valence-corrected chi connectivity index (χ4v) is 2.54. The molecule has 0 aliphatic carbocycles. The van der Waals surface area contributed by atoms with Crippen LogP contribution in [0.4, 0.5) is 5.69 Å². The number of amides is 1. The van der Waals surface area contributed by atoms with Crippen LogP contribution >= 0.6 is 0 Å². The van der Waals surface area contributed by atoms with E-state index in [1.165, 1.54) is 0 Å². The lowest BCUT2D eigenvalue weighted by Gasteiger charge is -2.25. The molecule has 1 aromatic heterocycles. The number of carbonyl (C=O) groups is 1. The molecule has 0 saturated heterocycles. The van der Waals surface area contributed by atoms with Crippen LogP contribution in [-0.4, -0.2) is 22.4 Å². The summed E-state index contributed by atoms with van der Waals surface area (Å²) in [6.07, 6.45) is 3.10. The summed E-state index contributed by atoms with van der Waals surface area (Å²) in [5.74, 6) is 0.369. The Kier molecular flexibility index (Phi) is 5.04. The molecule has 1 heterocycles. The van der Waals surface area contributed by atoms with E-state index in [1.807, 2.05) is 73.5 Å². The number of nitrogens with zero attached hydrogens (tertiary/aromatic N) is 3. The summed E-state index contributed by atoms with van der Waals surface area (Å²) in [4.78, 5) is 21.1. The Morgan fingerprint density at radius 3 is 2.28 bits per heavy atom. The van der Waals surface area contributed by atoms with Gasteiger partial charge in [-0.1, -0.05) is 48.5 Å². The highest BCUT2D eigenvalue weighted by molar-refractivity contribution is 5.94. The Morgan fingerprint density at radius 1 is 1.00 bits per heavy atom. The fraction of sp³-hybridized carbons (Fsp3) is 0.150. The topological polar surface area (TPSA) is 58.1 Å². The first-order valence-electron chi connectivity index (χ1n) is 8.20. The SMILES string of the molecule is CCN(NC(=O)c1cnc(-c2ccccc2)nc1)c1ccccc1C. The Labute approximate surface area is 147 Å². The first-order valence-corrected chi connectivity index (χ1v) is 8.20. The van der Waals surface area contributed by atoms with Crippen LogP contribution in [0, 0.1) is 6.92 Å². The summed E-state index contributed by atoms with van der Waals surface area (Å²) < 4.78 is 0. The second kappa shape index (κ2) is 7.57. The van der Waals surface area contributed by atoms with Crippen molar-refractivity contribution < 1.29 is 4.79 Å². The van der Waals surface area contributed by atoms with Crippen LogP contribution in [0.2, 0.25) is 0 Å². The van der Waals surface area contributed by atoms with Gasteiger partial charge >= 0.3 is 0 Å². The zero-order chi connectivity index (χ0) is 17.6. The molecule has 25 heavy (non-hydrogen) atoms. The standard InChI is InChI=1S/C20H20N4O/c1-3-24(18-12-8-7-9-15(18)2)23-20(25)17-13-21-19(22-14-17)16-10-5-4-6-11-16/h4-14H,3H2,1-2H3,(H,23,25). The van der Waals surface area contributed by atoms with E-state index in [0.717, 1.165) is 16.8 Å². The van der Waals surface area contributed by atoms with Gasteiger partial charge in [0, 0.05) is 24.5 Å². The average molecular weight is 332 g/mol. The molecule has 0 radical (unpaired) electrons. The molecular formula is C20H20N4O. The highest BCUT2D eigenvalue weighted by atomic mass is 16.2. The maximum Gasteiger partial charge on any atom is 0.272 e. The van der Waals surface area contributed by atoms with Crippen LogP contribution in [-0.2, 0) is 0 Å². The Morgan fingerprint density at radius 2 is 1.64 bits per heavy atom. The number of carbonyl (C=O) groups excluding carboxylic acids is 1. The molecule has 0 spiro atoms. The van der Waals surface area contributed by atoms with Crippen molar-refractivity contribution in [3.8, 4) is 11.4 Å². The average Bonchev–Trinajstić information content (AvgIpc) is 2.67. The molecule has 1 N–H and O–H groups in total. The van der Waals surface area contributed by atoms with Gasteiger partial charge in [-0.15, -0.1) is 0 Å². The highest BCUT2D eigenvalue weighted by Crippen LogP contribution is 2.18. The lowest BCUT2D eigenvalue weighted by molar-refractivity contribution is 0.0948. The molecule has 0 atom stereocenters. The molecule has 5 heteroatoms.